The molecule has 0 fully saturated rings. The average molecular weight is 330 g/mol. The van der Waals surface area contributed by atoms with E-state index in [-0.39, 0.29) is 6.42 Å². The van der Waals surface area contributed by atoms with Crippen molar-refractivity contribution in [1.29, 1.82) is 0 Å². The monoisotopic (exact) mass is 328 g/mol. The Kier molecular flexibility index (Phi) is 4.92. The van der Waals surface area contributed by atoms with Crippen LogP contribution in [0.25, 0.3) is 0 Å². The Bertz CT molecular complexity index is 624. The van der Waals surface area contributed by atoms with E-state index in [1.54, 1.807) is 42.5 Å². The van der Waals surface area contributed by atoms with E-state index in [0.29, 0.717) is 26.2 Å². The smallest absolute Gasteiger partial charge is 0.311 e. The van der Waals surface area contributed by atoms with E-state index >= 15 is 0 Å². The molecule has 0 aliphatic heterocycles. The van der Waals surface area contributed by atoms with Gasteiger partial charge in [0.05, 0.1) is 16.0 Å². The largest absolute Gasteiger partial charge is 0.481 e. The molecule has 104 valence electrons. The lowest BCUT2D eigenvalue weighted by atomic mass is 9.92. The van der Waals surface area contributed by atoms with Crippen molar-refractivity contribution in [2.24, 2.45) is 0 Å². The standard InChI is InChI=1S/C15H11Cl3O2/c16-11-6-4-9(5-7-11)12(15(19)20)8-10-2-1-3-13(17)14(10)18/h1-7,12H,8H2,(H,19,20). The summed E-state index contributed by atoms with van der Waals surface area (Å²) in [6, 6.07) is 12.0. The molecule has 2 nitrogen and oxygen atoms in total. The number of rotatable bonds is 4. The molecule has 2 aromatic rings. The highest BCUT2D eigenvalue weighted by molar-refractivity contribution is 6.42. The first-order valence-corrected chi connectivity index (χ1v) is 7.03. The van der Waals surface area contributed by atoms with Crippen molar-refractivity contribution in [3.63, 3.8) is 0 Å². The Morgan fingerprint density at radius 2 is 1.70 bits per heavy atom. The first-order chi connectivity index (χ1) is 9.49. The molecule has 2 rings (SSSR count). The van der Waals surface area contributed by atoms with E-state index < -0.39 is 11.9 Å². The molecular weight excluding hydrogens is 319 g/mol. The summed E-state index contributed by atoms with van der Waals surface area (Å²) in [5.74, 6) is -1.61. The van der Waals surface area contributed by atoms with Crippen molar-refractivity contribution >= 4 is 40.8 Å². The highest BCUT2D eigenvalue weighted by atomic mass is 35.5. The van der Waals surface area contributed by atoms with Gasteiger partial charge in [0.25, 0.3) is 0 Å². The zero-order chi connectivity index (χ0) is 14.7. The van der Waals surface area contributed by atoms with Gasteiger partial charge in [-0.3, -0.25) is 4.79 Å². The van der Waals surface area contributed by atoms with Crippen LogP contribution in [0.2, 0.25) is 15.1 Å². The van der Waals surface area contributed by atoms with Crippen LogP contribution in [0.3, 0.4) is 0 Å². The molecule has 0 spiro atoms. The van der Waals surface area contributed by atoms with E-state index in [1.165, 1.54) is 0 Å². The minimum absolute atomic E-state index is 0.274. The second-order valence-electron chi connectivity index (χ2n) is 4.36. The third kappa shape index (κ3) is 3.45. The summed E-state index contributed by atoms with van der Waals surface area (Å²) in [6.45, 7) is 0. The number of aliphatic carboxylic acids is 1. The molecule has 0 heterocycles. The Balaban J connectivity index is 2.33. The fraction of sp³-hybridized carbons (Fsp3) is 0.133. The average Bonchev–Trinajstić information content (AvgIpc) is 2.41. The summed E-state index contributed by atoms with van der Waals surface area (Å²) in [6.07, 6.45) is 0.274. The van der Waals surface area contributed by atoms with Crippen molar-refractivity contribution in [3.05, 3.63) is 68.7 Å². The fourth-order valence-corrected chi connectivity index (χ4v) is 2.49. The zero-order valence-corrected chi connectivity index (χ0v) is 12.6. The molecule has 5 heteroatoms. The van der Waals surface area contributed by atoms with Gasteiger partial charge in [0.2, 0.25) is 0 Å². The summed E-state index contributed by atoms with van der Waals surface area (Å²) in [7, 11) is 0. The summed E-state index contributed by atoms with van der Waals surface area (Å²) < 4.78 is 0. The van der Waals surface area contributed by atoms with E-state index in [0.717, 1.165) is 0 Å². The quantitative estimate of drug-likeness (QED) is 0.851. The van der Waals surface area contributed by atoms with Gasteiger partial charge < -0.3 is 5.11 Å². The van der Waals surface area contributed by atoms with Gasteiger partial charge in [-0.2, -0.15) is 0 Å². The molecule has 1 unspecified atom stereocenters. The van der Waals surface area contributed by atoms with E-state index in [4.69, 9.17) is 34.8 Å². The predicted octanol–water partition coefficient (Wildman–Crippen LogP) is 5.06. The molecule has 0 bridgehead atoms. The Morgan fingerprint density at radius 1 is 1.05 bits per heavy atom. The summed E-state index contributed by atoms with van der Waals surface area (Å²) >= 11 is 17.9. The predicted molar refractivity (Wildman–Crippen MR) is 82.0 cm³/mol. The highest BCUT2D eigenvalue weighted by Gasteiger charge is 2.21. The van der Waals surface area contributed by atoms with Gasteiger partial charge in [-0.1, -0.05) is 59.1 Å². The van der Waals surface area contributed by atoms with E-state index in [9.17, 15) is 9.90 Å². The number of carbonyl (C=O) groups is 1. The number of hydrogen-bond acceptors (Lipinski definition) is 1. The minimum atomic E-state index is -0.914. The first kappa shape index (κ1) is 15.2. The maximum absolute atomic E-state index is 11.5. The number of hydrogen-bond donors (Lipinski definition) is 1. The second-order valence-corrected chi connectivity index (χ2v) is 5.58. The van der Waals surface area contributed by atoms with Gasteiger partial charge in [-0.15, -0.1) is 0 Å². The molecule has 0 aromatic heterocycles. The Labute approximate surface area is 131 Å². The molecule has 2 aromatic carbocycles. The van der Waals surface area contributed by atoms with Crippen molar-refractivity contribution in [2.45, 2.75) is 12.3 Å². The SMILES string of the molecule is O=C(O)C(Cc1cccc(Cl)c1Cl)c1ccc(Cl)cc1. The molecule has 0 radical (unpaired) electrons. The summed E-state index contributed by atoms with van der Waals surface area (Å²) in [5.41, 5.74) is 1.39. The minimum Gasteiger partial charge on any atom is -0.481 e. The zero-order valence-electron chi connectivity index (χ0n) is 10.3. The van der Waals surface area contributed by atoms with Crippen molar-refractivity contribution in [2.75, 3.05) is 0 Å². The normalized spacial score (nSPS) is 12.2. The second kappa shape index (κ2) is 6.49. The molecule has 0 amide bonds. The van der Waals surface area contributed by atoms with E-state index in [1.807, 2.05) is 0 Å². The van der Waals surface area contributed by atoms with Crippen LogP contribution in [0.5, 0.6) is 0 Å². The maximum atomic E-state index is 11.5. The van der Waals surface area contributed by atoms with Crippen molar-refractivity contribution < 1.29 is 9.90 Å². The third-order valence-electron chi connectivity index (χ3n) is 3.03. The van der Waals surface area contributed by atoms with Gasteiger partial charge in [-0.25, -0.2) is 0 Å². The van der Waals surface area contributed by atoms with Crippen LogP contribution in [-0.4, -0.2) is 11.1 Å². The summed E-state index contributed by atoms with van der Waals surface area (Å²) in [4.78, 5) is 11.5. The lowest BCUT2D eigenvalue weighted by molar-refractivity contribution is -0.138. The molecule has 0 aliphatic carbocycles. The van der Waals surface area contributed by atoms with E-state index in [2.05, 4.69) is 0 Å². The molecular formula is C15H11Cl3O2. The molecule has 0 aliphatic rings. The van der Waals surface area contributed by atoms with Crippen molar-refractivity contribution in [1.82, 2.24) is 0 Å². The molecule has 0 saturated carbocycles. The van der Waals surface area contributed by atoms with Gasteiger partial charge >= 0.3 is 5.97 Å². The topological polar surface area (TPSA) is 37.3 Å². The number of benzene rings is 2. The van der Waals surface area contributed by atoms with Crippen LogP contribution in [0, 0.1) is 0 Å². The van der Waals surface area contributed by atoms with Crippen LogP contribution in [0.1, 0.15) is 17.0 Å². The lowest BCUT2D eigenvalue weighted by Gasteiger charge is -2.14. The number of halogens is 3. The van der Waals surface area contributed by atoms with Gasteiger partial charge in [-0.05, 0) is 35.7 Å². The van der Waals surface area contributed by atoms with Crippen LogP contribution < -0.4 is 0 Å². The number of carboxylic acid groups (broad SMARTS) is 1. The van der Waals surface area contributed by atoms with Crippen molar-refractivity contribution in [3.8, 4) is 0 Å². The van der Waals surface area contributed by atoms with Crippen LogP contribution in [-0.2, 0) is 11.2 Å². The summed E-state index contributed by atoms with van der Waals surface area (Å²) in [5, 5.41) is 10.8. The van der Waals surface area contributed by atoms with Crippen LogP contribution in [0.15, 0.2) is 42.5 Å². The third-order valence-corrected chi connectivity index (χ3v) is 4.14. The lowest BCUT2D eigenvalue weighted by Crippen LogP contribution is -2.14. The van der Waals surface area contributed by atoms with Crippen LogP contribution in [0.4, 0.5) is 0 Å². The maximum Gasteiger partial charge on any atom is 0.311 e. The van der Waals surface area contributed by atoms with Crippen LogP contribution >= 0.6 is 34.8 Å². The molecule has 1 N–H and O–H groups in total. The Hall–Kier alpha value is -1.22. The van der Waals surface area contributed by atoms with Gasteiger partial charge in [0, 0.05) is 5.02 Å². The molecule has 0 saturated heterocycles. The Morgan fingerprint density at radius 3 is 2.30 bits per heavy atom. The molecule has 20 heavy (non-hydrogen) atoms. The molecule has 1 atom stereocenters. The fourth-order valence-electron chi connectivity index (χ4n) is 1.97. The highest BCUT2D eigenvalue weighted by Crippen LogP contribution is 2.30. The number of carboxylic acids is 1. The first-order valence-electron chi connectivity index (χ1n) is 5.90. The van der Waals surface area contributed by atoms with Gasteiger partial charge in [0.1, 0.15) is 0 Å². The van der Waals surface area contributed by atoms with Gasteiger partial charge in [0.15, 0.2) is 0 Å².